The zero-order valence-corrected chi connectivity index (χ0v) is 17.1. The molecule has 164 valence electrons. The van der Waals surface area contributed by atoms with Crippen LogP contribution in [0.4, 0.5) is 4.79 Å². The Morgan fingerprint density at radius 3 is 2.41 bits per heavy atom. The number of hydrogen-bond donors (Lipinski definition) is 4. The normalized spacial score (nSPS) is 24.7. The molecule has 2 amide bonds. The third-order valence-electron chi connectivity index (χ3n) is 4.23. The van der Waals surface area contributed by atoms with Gasteiger partial charge in [0.2, 0.25) is 18.0 Å². The molecule has 6 N–H and O–H groups in total. The lowest BCUT2D eigenvalue weighted by atomic mass is 10.1. The molecule has 0 aromatic carbocycles. The molecule has 11 nitrogen and oxygen atoms in total. The number of alkyl carbamates (subject to hydrolysis) is 1. The molecule has 1 rings (SSSR count). The Hall–Kier alpha value is -2.85. The van der Waals surface area contributed by atoms with Crippen molar-refractivity contribution in [3.63, 3.8) is 0 Å². The van der Waals surface area contributed by atoms with Gasteiger partial charge in [0.15, 0.2) is 5.96 Å². The lowest BCUT2D eigenvalue weighted by molar-refractivity contribution is -0.149. The van der Waals surface area contributed by atoms with Gasteiger partial charge in [0.1, 0.15) is 0 Å². The number of ether oxygens (including phenoxy) is 2. The Balaban J connectivity index is 3.08. The zero-order valence-electron chi connectivity index (χ0n) is 17.1. The lowest BCUT2D eigenvalue weighted by Gasteiger charge is -2.16. The first kappa shape index (κ1) is 24.2. The predicted molar refractivity (Wildman–Crippen MR) is 108 cm³/mol. The van der Waals surface area contributed by atoms with Gasteiger partial charge in [-0.15, -0.1) is 0 Å². The van der Waals surface area contributed by atoms with Crippen molar-refractivity contribution in [2.45, 2.75) is 77.0 Å². The summed E-state index contributed by atoms with van der Waals surface area (Å²) < 4.78 is 9.89. The van der Waals surface area contributed by atoms with E-state index in [0.29, 0.717) is 12.8 Å². The number of aliphatic imine (C=N–C) groups is 2. The number of guanidine groups is 2. The highest BCUT2D eigenvalue weighted by atomic mass is 16.5. The maximum Gasteiger partial charge on any atom is 0.413 e. The number of amides is 2. The van der Waals surface area contributed by atoms with Crippen LogP contribution in [0.3, 0.4) is 0 Å². The summed E-state index contributed by atoms with van der Waals surface area (Å²) in [5.74, 6) is -1.85. The Kier molecular flexibility index (Phi) is 11.1. The Morgan fingerprint density at radius 1 is 1.17 bits per heavy atom. The van der Waals surface area contributed by atoms with Crippen LogP contribution in [0, 0.1) is 0 Å². The number of nitrogens with zero attached hydrogens (tertiary/aromatic N) is 2. The third-order valence-corrected chi connectivity index (χ3v) is 4.23. The van der Waals surface area contributed by atoms with Crippen LogP contribution in [-0.4, -0.2) is 49.3 Å². The largest absolute Gasteiger partial charge is 0.460 e. The van der Waals surface area contributed by atoms with Gasteiger partial charge in [-0.05, 0) is 26.2 Å². The Morgan fingerprint density at radius 2 is 1.79 bits per heavy atom. The van der Waals surface area contributed by atoms with Crippen molar-refractivity contribution in [3.8, 4) is 0 Å². The number of nitrogens with two attached hydrogens (primary N) is 2. The van der Waals surface area contributed by atoms with Gasteiger partial charge in [0.25, 0.3) is 0 Å². The molecule has 1 aliphatic rings. The summed E-state index contributed by atoms with van der Waals surface area (Å²) in [4.78, 5) is 44.0. The molecule has 0 fully saturated rings. The van der Waals surface area contributed by atoms with Crippen molar-refractivity contribution in [2.75, 3.05) is 7.11 Å². The van der Waals surface area contributed by atoms with Crippen molar-refractivity contribution < 1.29 is 23.9 Å². The minimum atomic E-state index is -1.48. The monoisotopic (exact) mass is 412 g/mol. The van der Waals surface area contributed by atoms with Crippen LogP contribution in [0.2, 0.25) is 0 Å². The van der Waals surface area contributed by atoms with Gasteiger partial charge in [-0.3, -0.25) is 15.4 Å². The number of rotatable bonds is 1. The number of nitrogens with one attached hydrogen (secondary N) is 2. The highest BCUT2D eigenvalue weighted by Crippen LogP contribution is 2.13. The average molecular weight is 412 g/mol. The summed E-state index contributed by atoms with van der Waals surface area (Å²) in [6.45, 7) is 1.78. The summed E-state index contributed by atoms with van der Waals surface area (Å²) >= 11 is 0. The van der Waals surface area contributed by atoms with Crippen LogP contribution in [-0.2, 0) is 19.1 Å². The van der Waals surface area contributed by atoms with Crippen molar-refractivity contribution in [1.29, 1.82) is 0 Å². The van der Waals surface area contributed by atoms with Crippen molar-refractivity contribution in [2.24, 2.45) is 21.5 Å². The van der Waals surface area contributed by atoms with Crippen LogP contribution < -0.4 is 22.1 Å². The van der Waals surface area contributed by atoms with Crippen LogP contribution in [0.5, 0.6) is 0 Å². The second-order valence-corrected chi connectivity index (χ2v) is 6.83. The molecule has 0 radical (unpaired) electrons. The van der Waals surface area contributed by atoms with Crippen LogP contribution in [0.1, 0.15) is 64.7 Å². The summed E-state index contributed by atoms with van der Waals surface area (Å²) in [6, 6.07) is 0. The molecule has 11 heteroatoms. The fourth-order valence-electron chi connectivity index (χ4n) is 2.76. The van der Waals surface area contributed by atoms with E-state index in [9.17, 15) is 14.4 Å². The van der Waals surface area contributed by atoms with E-state index >= 15 is 0 Å². The van der Waals surface area contributed by atoms with E-state index in [2.05, 4.69) is 25.4 Å². The highest BCUT2D eigenvalue weighted by Gasteiger charge is 2.23. The molecule has 0 aliphatic carbocycles. The first-order valence-electron chi connectivity index (χ1n) is 9.83. The number of cyclic esters (lactones) is 1. The number of carbonyl (C=O) groups is 3. The Labute approximate surface area is 170 Å². The molecule has 2 atom stereocenters. The minimum Gasteiger partial charge on any atom is -0.460 e. The molecule has 0 bridgehead atoms. The van der Waals surface area contributed by atoms with Gasteiger partial charge in [-0.2, -0.15) is 0 Å². The molecule has 29 heavy (non-hydrogen) atoms. The van der Waals surface area contributed by atoms with E-state index in [1.807, 2.05) is 0 Å². The van der Waals surface area contributed by atoms with Crippen LogP contribution in [0.15, 0.2) is 9.98 Å². The van der Waals surface area contributed by atoms with E-state index in [1.54, 1.807) is 6.92 Å². The summed E-state index contributed by atoms with van der Waals surface area (Å²) in [5.41, 5.74) is 10.8. The van der Waals surface area contributed by atoms with Crippen molar-refractivity contribution in [1.82, 2.24) is 10.6 Å². The molecule has 0 saturated heterocycles. The van der Waals surface area contributed by atoms with Gasteiger partial charge in [-0.25, -0.2) is 19.6 Å². The first-order chi connectivity index (χ1) is 13.8. The van der Waals surface area contributed by atoms with E-state index in [1.165, 1.54) is 0 Å². The number of methoxy groups -OCH3 is 1. The van der Waals surface area contributed by atoms with E-state index in [-0.39, 0.29) is 24.4 Å². The SMILES string of the molecule is COC(=O)N/C1=N/C(N=C(N)N)C(=O)OC(C)CCCCCCCCCC(=O)N1. The van der Waals surface area contributed by atoms with E-state index < -0.39 is 24.2 Å². The van der Waals surface area contributed by atoms with Gasteiger partial charge in [0.05, 0.1) is 13.2 Å². The second-order valence-electron chi connectivity index (χ2n) is 6.83. The average Bonchev–Trinajstić information content (AvgIpc) is 2.64. The van der Waals surface area contributed by atoms with Gasteiger partial charge in [-0.1, -0.05) is 32.1 Å². The van der Waals surface area contributed by atoms with Gasteiger partial charge >= 0.3 is 12.1 Å². The fraction of sp³-hybridized carbons (Fsp3) is 0.722. The first-order valence-corrected chi connectivity index (χ1v) is 9.83. The molecular formula is C18H32N6O5. The topological polar surface area (TPSA) is 170 Å². The Bertz CT molecular complexity index is 618. The maximum absolute atomic E-state index is 12.5. The number of hydrogen-bond acceptors (Lipinski definition) is 7. The maximum atomic E-state index is 12.5. The minimum absolute atomic E-state index is 0.246. The number of carbonyl (C=O) groups excluding carboxylic acids is 3. The molecule has 2 unspecified atom stereocenters. The van der Waals surface area contributed by atoms with Crippen LogP contribution >= 0.6 is 0 Å². The molecule has 1 aliphatic heterocycles. The molecule has 1 heterocycles. The standard InChI is InChI=1S/C18H32N6O5/c1-12-10-8-6-4-3-5-7-9-11-13(25)21-17(24-18(27)28-2)23-14(15(26)29-12)22-16(19)20/h12,14H,3-11H2,1-2H3,(H4,19,20,22)(H2,21,23,24,25,27). The highest BCUT2D eigenvalue weighted by molar-refractivity contribution is 6.03. The molecular weight excluding hydrogens is 380 g/mol. The van der Waals surface area contributed by atoms with E-state index in [4.69, 9.17) is 16.2 Å². The molecule has 0 spiro atoms. The predicted octanol–water partition coefficient (Wildman–Crippen LogP) is 0.870. The van der Waals surface area contributed by atoms with Gasteiger partial charge in [0, 0.05) is 6.42 Å². The molecule has 0 saturated carbocycles. The van der Waals surface area contributed by atoms with Crippen LogP contribution in [0.25, 0.3) is 0 Å². The fourth-order valence-corrected chi connectivity index (χ4v) is 2.76. The van der Waals surface area contributed by atoms with Crippen molar-refractivity contribution in [3.05, 3.63) is 0 Å². The molecule has 0 aromatic rings. The smallest absolute Gasteiger partial charge is 0.413 e. The molecule has 0 aromatic heterocycles. The summed E-state index contributed by atoms with van der Waals surface area (Å²) in [7, 11) is 1.15. The third kappa shape index (κ3) is 10.9. The lowest BCUT2D eigenvalue weighted by Crippen LogP contribution is -2.45. The zero-order chi connectivity index (χ0) is 21.6. The quantitative estimate of drug-likeness (QED) is 0.281. The second kappa shape index (κ2) is 13.3. The number of esters is 1. The van der Waals surface area contributed by atoms with E-state index in [0.717, 1.165) is 45.6 Å². The van der Waals surface area contributed by atoms with Gasteiger partial charge < -0.3 is 20.9 Å². The summed E-state index contributed by atoms with van der Waals surface area (Å²) in [5, 5.41) is 4.70. The summed E-state index contributed by atoms with van der Waals surface area (Å²) in [6.07, 6.45) is 5.09. The van der Waals surface area contributed by atoms with Crippen molar-refractivity contribution >= 4 is 29.9 Å².